The summed E-state index contributed by atoms with van der Waals surface area (Å²) in [6.07, 6.45) is -1.57. The van der Waals surface area contributed by atoms with Crippen molar-refractivity contribution < 1.29 is 22.4 Å². The number of aromatic nitrogens is 1. The van der Waals surface area contributed by atoms with Crippen molar-refractivity contribution in [1.29, 1.82) is 0 Å². The number of nitrogens with one attached hydrogen (secondary N) is 2. The van der Waals surface area contributed by atoms with Gasteiger partial charge in [-0.1, -0.05) is 19.9 Å². The van der Waals surface area contributed by atoms with Crippen molar-refractivity contribution in [3.05, 3.63) is 63.3 Å². The van der Waals surface area contributed by atoms with Gasteiger partial charge in [0.05, 0.1) is 22.5 Å². The lowest BCUT2D eigenvalue weighted by Gasteiger charge is -2.44. The zero-order chi connectivity index (χ0) is 29.4. The average Bonchev–Trinajstić information content (AvgIpc) is 2.87. The second kappa shape index (κ2) is 11.7. The number of anilines is 2. The average molecular weight is 564 g/mol. The van der Waals surface area contributed by atoms with Crippen molar-refractivity contribution in [2.24, 2.45) is 5.92 Å². The quantitative estimate of drug-likeness (QED) is 0.481. The largest absolute Gasteiger partial charge is 0.417 e. The standard InChI is InChI=1S/C29H37F4N5O2/c1-17(2)14-37-8-6-20(7-9-37)21-10-25(26(12-24(21)30)38-15-18(3)36(5)19(4)16-38)35-28(40)22-13-34-27(39)11-23(22)29(31,32)33/h6,10-13,17-19H,7-9,14-16H2,1-5H3,(H,34,39)(H,35,40). The van der Waals surface area contributed by atoms with E-state index in [0.717, 1.165) is 24.9 Å². The smallest absolute Gasteiger partial charge is 0.367 e. The van der Waals surface area contributed by atoms with Crippen molar-refractivity contribution in [1.82, 2.24) is 14.8 Å². The van der Waals surface area contributed by atoms with Crippen LogP contribution in [0.3, 0.4) is 0 Å². The molecule has 2 atom stereocenters. The van der Waals surface area contributed by atoms with Gasteiger partial charge in [0, 0.05) is 62.6 Å². The van der Waals surface area contributed by atoms with Gasteiger partial charge in [-0.25, -0.2) is 4.39 Å². The van der Waals surface area contributed by atoms with Gasteiger partial charge in [0.25, 0.3) is 5.91 Å². The van der Waals surface area contributed by atoms with E-state index in [9.17, 15) is 22.8 Å². The van der Waals surface area contributed by atoms with Crippen molar-refractivity contribution >= 4 is 22.9 Å². The first-order valence-corrected chi connectivity index (χ1v) is 13.6. The van der Waals surface area contributed by atoms with Crippen molar-refractivity contribution in [2.75, 3.05) is 50.0 Å². The number of pyridine rings is 1. The number of rotatable bonds is 6. The molecule has 40 heavy (non-hydrogen) atoms. The van der Waals surface area contributed by atoms with E-state index < -0.39 is 34.6 Å². The molecule has 1 aromatic carbocycles. The van der Waals surface area contributed by atoms with Gasteiger partial charge in [-0.05, 0) is 50.9 Å². The van der Waals surface area contributed by atoms with Crippen LogP contribution in [0.15, 0.2) is 35.3 Å². The van der Waals surface area contributed by atoms with Crippen LogP contribution in [0, 0.1) is 11.7 Å². The number of halogens is 4. The number of hydrogen-bond donors (Lipinski definition) is 2. The zero-order valence-electron chi connectivity index (χ0n) is 23.5. The Hall–Kier alpha value is -3.18. The first-order chi connectivity index (χ1) is 18.7. The summed E-state index contributed by atoms with van der Waals surface area (Å²) in [4.78, 5) is 33.5. The Morgan fingerprint density at radius 1 is 1.15 bits per heavy atom. The minimum Gasteiger partial charge on any atom is -0.367 e. The van der Waals surface area contributed by atoms with Crippen LogP contribution in [-0.4, -0.2) is 72.5 Å². The molecule has 1 fully saturated rings. The van der Waals surface area contributed by atoms with Crippen molar-refractivity contribution in [3.63, 3.8) is 0 Å². The second-order valence-corrected chi connectivity index (χ2v) is 11.3. The molecule has 1 aromatic heterocycles. The van der Waals surface area contributed by atoms with Gasteiger partial charge in [-0.3, -0.25) is 19.4 Å². The highest BCUT2D eigenvalue weighted by Crippen LogP contribution is 2.37. The van der Waals surface area contributed by atoms with Gasteiger partial charge in [0.1, 0.15) is 5.82 Å². The van der Waals surface area contributed by atoms with Gasteiger partial charge in [-0.15, -0.1) is 0 Å². The number of likely N-dealkylation sites (N-methyl/N-ethyl adjacent to an activating group) is 1. The molecule has 2 aromatic rings. The van der Waals surface area contributed by atoms with Crippen LogP contribution in [0.5, 0.6) is 0 Å². The normalized spacial score (nSPS) is 21.1. The number of carbonyl (C=O) groups is 1. The number of alkyl halides is 3. The van der Waals surface area contributed by atoms with Gasteiger partial charge in [0.15, 0.2) is 0 Å². The maximum absolute atomic E-state index is 15.7. The van der Waals surface area contributed by atoms with Gasteiger partial charge < -0.3 is 15.2 Å². The number of amides is 1. The molecule has 11 heteroatoms. The fourth-order valence-electron chi connectivity index (χ4n) is 5.49. The van der Waals surface area contributed by atoms with E-state index in [0.29, 0.717) is 49.3 Å². The third-order valence-corrected chi connectivity index (χ3v) is 7.77. The number of carbonyl (C=O) groups excluding carboxylic acids is 1. The molecule has 7 nitrogen and oxygen atoms in total. The number of piperazine rings is 1. The van der Waals surface area contributed by atoms with E-state index in [4.69, 9.17) is 0 Å². The van der Waals surface area contributed by atoms with Crippen molar-refractivity contribution in [3.8, 4) is 0 Å². The summed E-state index contributed by atoms with van der Waals surface area (Å²) in [6, 6.07) is 3.51. The van der Waals surface area contributed by atoms with E-state index in [2.05, 4.69) is 33.9 Å². The van der Waals surface area contributed by atoms with E-state index >= 15 is 4.39 Å². The highest BCUT2D eigenvalue weighted by molar-refractivity contribution is 6.07. The first kappa shape index (κ1) is 29.8. The van der Waals surface area contributed by atoms with Crippen LogP contribution in [0.1, 0.15) is 55.6 Å². The Balaban J connectivity index is 1.75. The molecule has 0 radical (unpaired) electrons. The van der Waals surface area contributed by atoms with E-state index in [-0.39, 0.29) is 17.8 Å². The molecule has 2 aliphatic heterocycles. The summed E-state index contributed by atoms with van der Waals surface area (Å²) < 4.78 is 56.7. The third kappa shape index (κ3) is 6.58. The first-order valence-electron chi connectivity index (χ1n) is 13.6. The summed E-state index contributed by atoms with van der Waals surface area (Å²) in [5.41, 5.74) is -1.29. The van der Waals surface area contributed by atoms with E-state index in [1.165, 1.54) is 12.1 Å². The molecule has 1 amide bonds. The SMILES string of the molecule is CC(C)CN1CC=C(c2cc(NC(=O)c3c[nH]c(=O)cc3C(F)(F)F)c(N3CC(C)N(C)C(C)C3)cc2F)CC1. The fraction of sp³-hybridized carbons (Fsp3) is 0.517. The number of hydrogen-bond acceptors (Lipinski definition) is 5. The van der Waals surface area contributed by atoms with Crippen LogP contribution >= 0.6 is 0 Å². The Morgan fingerprint density at radius 3 is 2.40 bits per heavy atom. The monoisotopic (exact) mass is 563 g/mol. The molecule has 218 valence electrons. The van der Waals surface area contributed by atoms with Gasteiger partial charge >= 0.3 is 6.18 Å². The van der Waals surface area contributed by atoms with Crippen LogP contribution in [-0.2, 0) is 6.18 Å². The van der Waals surface area contributed by atoms with Crippen LogP contribution in [0.2, 0.25) is 0 Å². The maximum Gasteiger partial charge on any atom is 0.417 e. The molecule has 2 N–H and O–H groups in total. The Kier molecular flexibility index (Phi) is 8.75. The van der Waals surface area contributed by atoms with E-state index in [1.807, 2.05) is 31.9 Å². The molecule has 2 aliphatic rings. The molecule has 0 saturated carbocycles. The fourth-order valence-corrected chi connectivity index (χ4v) is 5.49. The van der Waals surface area contributed by atoms with E-state index in [1.54, 1.807) is 0 Å². The number of aromatic amines is 1. The van der Waals surface area contributed by atoms with Crippen LogP contribution in [0.25, 0.3) is 5.57 Å². The number of benzene rings is 1. The Morgan fingerprint density at radius 2 is 1.82 bits per heavy atom. The summed E-state index contributed by atoms with van der Waals surface area (Å²) in [5, 5.41) is 2.62. The predicted octanol–water partition coefficient (Wildman–Crippen LogP) is 5.06. The molecule has 1 saturated heterocycles. The molecule has 4 rings (SSSR count). The third-order valence-electron chi connectivity index (χ3n) is 7.77. The summed E-state index contributed by atoms with van der Waals surface area (Å²) in [5.74, 6) is -0.996. The summed E-state index contributed by atoms with van der Waals surface area (Å²) >= 11 is 0. The topological polar surface area (TPSA) is 71.7 Å². The van der Waals surface area contributed by atoms with Crippen LogP contribution < -0.4 is 15.8 Å². The minimum absolute atomic E-state index is 0.124. The predicted molar refractivity (Wildman–Crippen MR) is 149 cm³/mol. The Labute approximate surface area is 231 Å². The summed E-state index contributed by atoms with van der Waals surface area (Å²) in [7, 11) is 2.01. The molecule has 0 bridgehead atoms. The molecule has 2 unspecified atom stereocenters. The maximum atomic E-state index is 15.7. The molecule has 0 aliphatic carbocycles. The van der Waals surface area contributed by atoms with Crippen molar-refractivity contribution in [2.45, 2.75) is 52.4 Å². The lowest BCUT2D eigenvalue weighted by atomic mass is 9.96. The highest BCUT2D eigenvalue weighted by atomic mass is 19.4. The lowest BCUT2D eigenvalue weighted by Crippen LogP contribution is -2.55. The molecular weight excluding hydrogens is 526 g/mol. The Bertz CT molecular complexity index is 1320. The van der Waals surface area contributed by atoms with Crippen LogP contribution in [0.4, 0.5) is 28.9 Å². The second-order valence-electron chi connectivity index (χ2n) is 11.3. The molecule has 0 spiro atoms. The summed E-state index contributed by atoms with van der Waals surface area (Å²) in [6.45, 7) is 11.8. The van der Waals surface area contributed by atoms with Gasteiger partial charge in [0.2, 0.25) is 5.56 Å². The number of nitrogens with zero attached hydrogens (tertiary/aromatic N) is 3. The molecular formula is C29H37F4N5O2. The zero-order valence-corrected chi connectivity index (χ0v) is 23.5. The minimum atomic E-state index is -4.91. The highest BCUT2D eigenvalue weighted by Gasteiger charge is 2.36. The molecule has 3 heterocycles. The lowest BCUT2D eigenvalue weighted by molar-refractivity contribution is -0.138. The van der Waals surface area contributed by atoms with Gasteiger partial charge in [-0.2, -0.15) is 13.2 Å². The number of H-pyrrole nitrogens is 1.